The van der Waals surface area contributed by atoms with E-state index in [-0.39, 0.29) is 12.3 Å². The van der Waals surface area contributed by atoms with Crippen LogP contribution in [-0.2, 0) is 5.54 Å². The van der Waals surface area contributed by atoms with Crippen LogP contribution in [0.25, 0.3) is 0 Å². The summed E-state index contributed by atoms with van der Waals surface area (Å²) in [4.78, 5) is 14.2. The van der Waals surface area contributed by atoms with Crippen LogP contribution in [0.15, 0.2) is 18.3 Å². The van der Waals surface area contributed by atoms with Crippen molar-refractivity contribution in [2.24, 2.45) is 5.73 Å². The first-order chi connectivity index (χ1) is 6.47. The summed E-state index contributed by atoms with van der Waals surface area (Å²) in [5, 5.41) is 17.5. The maximum atomic E-state index is 10.5. The van der Waals surface area contributed by atoms with Crippen molar-refractivity contribution in [3.63, 3.8) is 0 Å². The van der Waals surface area contributed by atoms with Gasteiger partial charge in [-0.15, -0.1) is 0 Å². The fraction of sp³-hybridized carbons (Fsp3) is 0.333. The molecule has 0 aliphatic heterocycles. The van der Waals surface area contributed by atoms with Gasteiger partial charge in [-0.25, -0.2) is 9.78 Å². The smallest absolute Gasteiger partial charge is 0.354 e. The molecule has 4 N–H and O–H groups in total. The first kappa shape index (κ1) is 10.6. The number of carbonyl (C=O) groups is 1. The Balaban J connectivity index is 2.99. The predicted octanol–water partition coefficient (Wildman–Crippen LogP) is -0.0540. The number of aliphatic hydroxyl groups is 1. The number of aromatic nitrogens is 1. The van der Waals surface area contributed by atoms with Crippen molar-refractivity contribution in [3.8, 4) is 0 Å². The molecule has 5 nitrogen and oxygen atoms in total. The largest absolute Gasteiger partial charge is 0.477 e. The number of hydrogen-bond acceptors (Lipinski definition) is 4. The van der Waals surface area contributed by atoms with Crippen molar-refractivity contribution in [3.05, 3.63) is 29.6 Å². The molecule has 1 aromatic rings. The molecule has 5 heteroatoms. The number of carboxylic acids is 1. The Morgan fingerprint density at radius 3 is 2.64 bits per heavy atom. The minimum atomic E-state index is -1.08. The Morgan fingerprint density at radius 2 is 2.29 bits per heavy atom. The average Bonchev–Trinajstić information content (AvgIpc) is 2.18. The SMILES string of the molecule is CC(N)(CO)c1ccc(C(=O)O)nc1. The topological polar surface area (TPSA) is 96.4 Å². The van der Waals surface area contributed by atoms with Crippen LogP contribution in [0.5, 0.6) is 0 Å². The summed E-state index contributed by atoms with van der Waals surface area (Å²) in [5.41, 5.74) is 5.40. The molecule has 0 spiro atoms. The minimum absolute atomic E-state index is 0.0394. The Bertz CT molecular complexity index is 332. The molecule has 0 aliphatic carbocycles. The highest BCUT2D eigenvalue weighted by molar-refractivity contribution is 5.85. The standard InChI is InChI=1S/C9H12N2O3/c1-9(10,5-12)6-2-3-7(8(13)14)11-4-6/h2-4,12H,5,10H2,1H3,(H,13,14). The Hall–Kier alpha value is -1.46. The highest BCUT2D eigenvalue weighted by atomic mass is 16.4. The third-order valence-corrected chi connectivity index (χ3v) is 1.97. The molecule has 1 heterocycles. The summed E-state index contributed by atoms with van der Waals surface area (Å²) in [7, 11) is 0. The molecule has 1 unspecified atom stereocenters. The van der Waals surface area contributed by atoms with Gasteiger partial charge in [0.2, 0.25) is 0 Å². The van der Waals surface area contributed by atoms with Gasteiger partial charge in [-0.3, -0.25) is 0 Å². The molecule has 0 saturated carbocycles. The van der Waals surface area contributed by atoms with Gasteiger partial charge in [0.25, 0.3) is 0 Å². The van der Waals surface area contributed by atoms with Crippen molar-refractivity contribution >= 4 is 5.97 Å². The number of aliphatic hydroxyl groups excluding tert-OH is 1. The van der Waals surface area contributed by atoms with Gasteiger partial charge in [0, 0.05) is 6.20 Å². The van der Waals surface area contributed by atoms with Crippen molar-refractivity contribution in [1.82, 2.24) is 4.98 Å². The molecular formula is C9H12N2O3. The average molecular weight is 196 g/mol. The minimum Gasteiger partial charge on any atom is -0.477 e. The Morgan fingerprint density at radius 1 is 1.64 bits per heavy atom. The molecule has 1 rings (SSSR count). The molecule has 0 saturated heterocycles. The number of carboxylic acid groups (broad SMARTS) is 1. The first-order valence-electron chi connectivity index (χ1n) is 4.07. The first-order valence-corrected chi connectivity index (χ1v) is 4.07. The van der Waals surface area contributed by atoms with Gasteiger partial charge in [-0.05, 0) is 18.6 Å². The van der Waals surface area contributed by atoms with Crippen molar-refractivity contribution < 1.29 is 15.0 Å². The number of nitrogens with two attached hydrogens (primary N) is 1. The van der Waals surface area contributed by atoms with Gasteiger partial charge in [0.1, 0.15) is 5.69 Å². The van der Waals surface area contributed by atoms with E-state index in [0.717, 1.165) is 0 Å². The van der Waals surface area contributed by atoms with Crippen LogP contribution in [0.2, 0.25) is 0 Å². The summed E-state index contributed by atoms with van der Waals surface area (Å²) < 4.78 is 0. The number of aromatic carboxylic acids is 1. The lowest BCUT2D eigenvalue weighted by atomic mass is 9.96. The zero-order valence-corrected chi connectivity index (χ0v) is 7.77. The molecule has 76 valence electrons. The monoisotopic (exact) mass is 196 g/mol. The summed E-state index contributed by atoms with van der Waals surface area (Å²) in [5.74, 6) is -1.08. The van der Waals surface area contributed by atoms with Gasteiger partial charge < -0.3 is 15.9 Å². The molecule has 1 aromatic heterocycles. The van der Waals surface area contributed by atoms with Crippen LogP contribution >= 0.6 is 0 Å². The highest BCUT2D eigenvalue weighted by Gasteiger charge is 2.20. The zero-order valence-electron chi connectivity index (χ0n) is 7.77. The lowest BCUT2D eigenvalue weighted by Gasteiger charge is -2.21. The van der Waals surface area contributed by atoms with E-state index in [1.807, 2.05) is 0 Å². The highest BCUT2D eigenvalue weighted by Crippen LogP contribution is 2.15. The second-order valence-corrected chi connectivity index (χ2v) is 3.31. The molecule has 0 bridgehead atoms. The van der Waals surface area contributed by atoms with Crippen molar-refractivity contribution in [2.45, 2.75) is 12.5 Å². The third kappa shape index (κ3) is 2.07. The van der Waals surface area contributed by atoms with Gasteiger partial charge in [0.05, 0.1) is 12.1 Å². The van der Waals surface area contributed by atoms with E-state index in [4.69, 9.17) is 15.9 Å². The summed E-state index contributed by atoms with van der Waals surface area (Å²) in [6.07, 6.45) is 1.36. The predicted molar refractivity (Wildman–Crippen MR) is 49.8 cm³/mol. The summed E-state index contributed by atoms with van der Waals surface area (Å²) in [6.45, 7) is 1.42. The van der Waals surface area contributed by atoms with E-state index in [1.165, 1.54) is 12.3 Å². The lowest BCUT2D eigenvalue weighted by Crippen LogP contribution is -2.37. The summed E-state index contributed by atoms with van der Waals surface area (Å²) in [6, 6.07) is 2.91. The van der Waals surface area contributed by atoms with Crippen LogP contribution in [0.4, 0.5) is 0 Å². The van der Waals surface area contributed by atoms with Crippen LogP contribution < -0.4 is 5.73 Å². The van der Waals surface area contributed by atoms with Gasteiger partial charge in [-0.1, -0.05) is 6.07 Å². The van der Waals surface area contributed by atoms with Gasteiger partial charge in [-0.2, -0.15) is 0 Å². The maximum absolute atomic E-state index is 10.5. The third-order valence-electron chi connectivity index (χ3n) is 1.97. The van der Waals surface area contributed by atoms with Crippen LogP contribution in [-0.4, -0.2) is 27.8 Å². The van der Waals surface area contributed by atoms with Crippen LogP contribution in [0, 0.1) is 0 Å². The Labute approximate surface area is 81.2 Å². The molecule has 1 atom stereocenters. The molecular weight excluding hydrogens is 184 g/mol. The fourth-order valence-electron chi connectivity index (χ4n) is 0.949. The number of nitrogens with zero attached hydrogens (tertiary/aromatic N) is 1. The fourth-order valence-corrected chi connectivity index (χ4v) is 0.949. The molecule has 0 aromatic carbocycles. The van der Waals surface area contributed by atoms with E-state index in [1.54, 1.807) is 13.0 Å². The molecule has 0 amide bonds. The molecule has 0 radical (unpaired) electrons. The lowest BCUT2D eigenvalue weighted by molar-refractivity contribution is 0.0690. The number of rotatable bonds is 3. The number of hydrogen-bond donors (Lipinski definition) is 3. The van der Waals surface area contributed by atoms with E-state index in [0.29, 0.717) is 5.56 Å². The second-order valence-electron chi connectivity index (χ2n) is 3.31. The van der Waals surface area contributed by atoms with Gasteiger partial charge in [0.15, 0.2) is 0 Å². The van der Waals surface area contributed by atoms with Crippen LogP contribution in [0.3, 0.4) is 0 Å². The van der Waals surface area contributed by atoms with E-state index in [2.05, 4.69) is 4.98 Å². The van der Waals surface area contributed by atoms with Crippen molar-refractivity contribution in [2.75, 3.05) is 6.61 Å². The maximum Gasteiger partial charge on any atom is 0.354 e. The number of pyridine rings is 1. The quantitative estimate of drug-likeness (QED) is 0.629. The normalized spacial score (nSPS) is 14.8. The van der Waals surface area contributed by atoms with E-state index in [9.17, 15) is 4.79 Å². The summed E-state index contributed by atoms with van der Waals surface area (Å²) >= 11 is 0. The van der Waals surface area contributed by atoms with E-state index >= 15 is 0 Å². The Kier molecular flexibility index (Phi) is 2.83. The molecule has 0 aliphatic rings. The molecule has 0 fully saturated rings. The molecule has 14 heavy (non-hydrogen) atoms. The van der Waals surface area contributed by atoms with Gasteiger partial charge >= 0.3 is 5.97 Å². The van der Waals surface area contributed by atoms with E-state index < -0.39 is 11.5 Å². The second kappa shape index (κ2) is 3.73. The van der Waals surface area contributed by atoms with Crippen molar-refractivity contribution in [1.29, 1.82) is 0 Å². The zero-order chi connectivity index (χ0) is 10.8. The van der Waals surface area contributed by atoms with Crippen LogP contribution in [0.1, 0.15) is 23.0 Å².